The largest absolute Gasteiger partial charge is 0.491 e. The van der Waals surface area contributed by atoms with E-state index in [-0.39, 0.29) is 68.8 Å². The molecule has 3 aromatic carbocycles. The molecular weight excluding hydrogens is 698 g/mol. The number of benzene rings is 3. The van der Waals surface area contributed by atoms with Gasteiger partial charge in [-0.25, -0.2) is 19.2 Å². The van der Waals surface area contributed by atoms with Gasteiger partial charge in [0.25, 0.3) is 0 Å². The molecule has 0 fully saturated rings. The van der Waals surface area contributed by atoms with Gasteiger partial charge in [0, 0.05) is 22.6 Å². The van der Waals surface area contributed by atoms with Crippen molar-refractivity contribution in [3.63, 3.8) is 0 Å². The topological polar surface area (TPSA) is 176 Å². The van der Waals surface area contributed by atoms with Crippen molar-refractivity contribution in [2.24, 2.45) is 0 Å². The van der Waals surface area contributed by atoms with Crippen LogP contribution in [-0.2, 0) is 39.9 Å². The monoisotopic (exact) mass is 745 g/mol. The van der Waals surface area contributed by atoms with Crippen molar-refractivity contribution >= 4 is 24.0 Å². The standard InChI is InChI=1S/C41H47NO12/c1-26(2)38(45)49-20-19-42-41(48)54-21-31-9-7-8-10-36(31)37(29-11-15-34(16-12-29)50-22-32(43)24-52-39(46)27(3)4)30-13-17-35(18-14-30)51-23-33(44)25-53-40(47)28(5)6/h7-18,32-33,37,43-44H,1,3,5,19-25H2,2,4,6H3,(H,42,48). The summed E-state index contributed by atoms with van der Waals surface area (Å²) in [6.07, 6.45) is -2.79. The summed E-state index contributed by atoms with van der Waals surface area (Å²) in [6.45, 7) is 14.3. The molecule has 13 nitrogen and oxygen atoms in total. The summed E-state index contributed by atoms with van der Waals surface area (Å²) in [5, 5.41) is 23.0. The average molecular weight is 746 g/mol. The van der Waals surface area contributed by atoms with Gasteiger partial charge < -0.3 is 44.0 Å². The van der Waals surface area contributed by atoms with Crippen molar-refractivity contribution in [1.82, 2.24) is 5.32 Å². The fourth-order valence-corrected chi connectivity index (χ4v) is 4.70. The predicted molar refractivity (Wildman–Crippen MR) is 199 cm³/mol. The van der Waals surface area contributed by atoms with Crippen LogP contribution in [0.25, 0.3) is 0 Å². The number of hydrogen-bond donors (Lipinski definition) is 3. The molecule has 0 bridgehead atoms. The highest BCUT2D eigenvalue weighted by Gasteiger charge is 2.21. The molecule has 3 aromatic rings. The van der Waals surface area contributed by atoms with E-state index in [4.69, 9.17) is 28.4 Å². The molecule has 0 aromatic heterocycles. The Bertz CT molecular complexity index is 1680. The maximum absolute atomic E-state index is 12.5. The lowest BCUT2D eigenvalue weighted by Crippen LogP contribution is -2.28. The lowest BCUT2D eigenvalue weighted by Gasteiger charge is -2.23. The van der Waals surface area contributed by atoms with Crippen LogP contribution < -0.4 is 14.8 Å². The lowest BCUT2D eigenvalue weighted by atomic mass is 9.83. The van der Waals surface area contributed by atoms with Crippen LogP contribution in [0.2, 0.25) is 0 Å². The van der Waals surface area contributed by atoms with E-state index in [0.29, 0.717) is 11.5 Å². The van der Waals surface area contributed by atoms with E-state index in [2.05, 4.69) is 25.1 Å². The van der Waals surface area contributed by atoms with Crippen LogP contribution in [0.3, 0.4) is 0 Å². The molecule has 1 amide bonds. The van der Waals surface area contributed by atoms with Gasteiger partial charge in [-0.15, -0.1) is 0 Å². The van der Waals surface area contributed by atoms with Gasteiger partial charge in [-0.2, -0.15) is 0 Å². The van der Waals surface area contributed by atoms with E-state index >= 15 is 0 Å². The SMILES string of the molecule is C=C(C)C(=O)OCCNC(=O)OCc1ccccc1C(c1ccc(OCC(O)COC(=O)C(=C)C)cc1)c1ccc(OCC(O)COC(=O)C(=C)C)cc1. The number of aliphatic hydroxyl groups is 2. The fourth-order valence-electron chi connectivity index (χ4n) is 4.70. The minimum absolute atomic E-state index is 0.0400. The summed E-state index contributed by atoms with van der Waals surface area (Å²) < 4.78 is 32.0. The summed E-state index contributed by atoms with van der Waals surface area (Å²) in [5.74, 6) is -1.17. The Morgan fingerprint density at radius 1 is 0.611 bits per heavy atom. The number of ether oxygens (including phenoxy) is 6. The zero-order valence-corrected chi connectivity index (χ0v) is 30.7. The third-order valence-electron chi connectivity index (χ3n) is 7.50. The highest BCUT2D eigenvalue weighted by atomic mass is 16.6. The van der Waals surface area contributed by atoms with Gasteiger partial charge >= 0.3 is 24.0 Å². The first-order valence-electron chi connectivity index (χ1n) is 17.0. The van der Waals surface area contributed by atoms with E-state index in [1.807, 2.05) is 48.5 Å². The molecule has 0 aliphatic carbocycles. The number of hydrogen-bond acceptors (Lipinski definition) is 12. The van der Waals surface area contributed by atoms with Crippen molar-refractivity contribution in [3.05, 3.63) is 132 Å². The van der Waals surface area contributed by atoms with Crippen molar-refractivity contribution in [1.29, 1.82) is 0 Å². The van der Waals surface area contributed by atoms with Gasteiger partial charge in [0.05, 0.1) is 6.54 Å². The minimum atomic E-state index is -1.05. The number of esters is 3. The number of amides is 1. The maximum Gasteiger partial charge on any atom is 0.407 e. The number of aliphatic hydroxyl groups excluding tert-OH is 2. The maximum atomic E-state index is 12.5. The van der Waals surface area contributed by atoms with E-state index in [1.54, 1.807) is 24.3 Å². The molecule has 0 spiro atoms. The van der Waals surface area contributed by atoms with Crippen LogP contribution in [0.5, 0.6) is 11.5 Å². The van der Waals surface area contributed by atoms with Gasteiger partial charge in [-0.3, -0.25) is 0 Å². The fraction of sp³-hybridized carbons (Fsp3) is 0.317. The molecule has 3 rings (SSSR count). The number of carbonyl (C=O) groups is 4. The second-order valence-corrected chi connectivity index (χ2v) is 12.4. The minimum Gasteiger partial charge on any atom is -0.491 e. The van der Waals surface area contributed by atoms with Crippen LogP contribution in [0.1, 0.15) is 48.9 Å². The Hall–Kier alpha value is -5.92. The van der Waals surface area contributed by atoms with Crippen molar-refractivity contribution in [2.75, 3.05) is 39.6 Å². The first-order chi connectivity index (χ1) is 25.7. The average Bonchev–Trinajstić information content (AvgIpc) is 3.16. The number of rotatable bonds is 21. The van der Waals surface area contributed by atoms with E-state index in [9.17, 15) is 29.4 Å². The number of carbonyl (C=O) groups excluding carboxylic acids is 4. The molecule has 0 aliphatic rings. The zero-order chi connectivity index (χ0) is 39.6. The van der Waals surface area contributed by atoms with E-state index < -0.39 is 36.2 Å². The molecule has 0 saturated carbocycles. The third-order valence-corrected chi connectivity index (χ3v) is 7.50. The molecule has 0 saturated heterocycles. The van der Waals surface area contributed by atoms with Crippen molar-refractivity contribution in [2.45, 2.75) is 45.5 Å². The molecule has 2 unspecified atom stereocenters. The van der Waals surface area contributed by atoms with Crippen LogP contribution in [-0.4, -0.2) is 86.0 Å². The molecule has 54 heavy (non-hydrogen) atoms. The quantitative estimate of drug-likeness (QED) is 0.0442. The van der Waals surface area contributed by atoms with Gasteiger partial charge in [0.2, 0.25) is 0 Å². The van der Waals surface area contributed by atoms with Crippen molar-refractivity contribution in [3.8, 4) is 11.5 Å². The molecule has 13 heteroatoms. The lowest BCUT2D eigenvalue weighted by molar-refractivity contribution is -0.143. The summed E-state index contributed by atoms with van der Waals surface area (Å²) in [4.78, 5) is 47.4. The third kappa shape index (κ3) is 14.2. The normalized spacial score (nSPS) is 12.2. The zero-order valence-electron chi connectivity index (χ0n) is 30.7. The molecule has 288 valence electrons. The van der Waals surface area contributed by atoms with Crippen molar-refractivity contribution < 1.29 is 57.8 Å². The molecule has 2 atom stereocenters. The summed E-state index contributed by atoms with van der Waals surface area (Å²) in [7, 11) is 0. The van der Waals surface area contributed by atoms with E-state index in [0.717, 1.165) is 22.3 Å². The molecule has 3 N–H and O–H groups in total. The first-order valence-corrected chi connectivity index (χ1v) is 17.0. The molecule has 0 aliphatic heterocycles. The van der Waals surface area contributed by atoms with Crippen LogP contribution >= 0.6 is 0 Å². The highest BCUT2D eigenvalue weighted by molar-refractivity contribution is 5.87. The Morgan fingerprint density at radius 2 is 1.06 bits per heavy atom. The Labute approximate surface area is 314 Å². The van der Waals surface area contributed by atoms with Gasteiger partial charge in [0.15, 0.2) is 0 Å². The van der Waals surface area contributed by atoms with Gasteiger partial charge in [-0.1, -0.05) is 68.3 Å². The number of alkyl carbamates (subject to hydrolysis) is 1. The second-order valence-electron chi connectivity index (χ2n) is 12.4. The van der Waals surface area contributed by atoms with Gasteiger partial charge in [0.1, 0.15) is 63.3 Å². The Morgan fingerprint density at radius 3 is 1.52 bits per heavy atom. The predicted octanol–water partition coefficient (Wildman–Crippen LogP) is 4.93. The van der Waals surface area contributed by atoms with E-state index in [1.165, 1.54) is 20.8 Å². The molecule has 0 heterocycles. The Kier molecular flexibility index (Phi) is 17.0. The van der Waals surface area contributed by atoms with Crippen LogP contribution in [0.4, 0.5) is 4.79 Å². The smallest absolute Gasteiger partial charge is 0.407 e. The van der Waals surface area contributed by atoms with Crippen LogP contribution in [0.15, 0.2) is 109 Å². The number of nitrogens with one attached hydrogen (secondary N) is 1. The Balaban J connectivity index is 1.78. The van der Waals surface area contributed by atoms with Crippen LogP contribution in [0, 0.1) is 0 Å². The second kappa shape index (κ2) is 21.6. The highest BCUT2D eigenvalue weighted by Crippen LogP contribution is 2.36. The summed E-state index contributed by atoms with van der Waals surface area (Å²) in [6, 6.07) is 22.0. The van der Waals surface area contributed by atoms with Gasteiger partial charge in [-0.05, 0) is 67.3 Å². The summed E-state index contributed by atoms with van der Waals surface area (Å²) >= 11 is 0. The molecular formula is C41H47NO12. The molecule has 0 radical (unpaired) electrons. The summed E-state index contributed by atoms with van der Waals surface area (Å²) in [5.41, 5.74) is 3.99. The first kappa shape index (κ1) is 42.5.